The summed E-state index contributed by atoms with van der Waals surface area (Å²) in [5, 5.41) is 3.54. The number of amides is 1. The molecule has 154 valence electrons. The van der Waals surface area contributed by atoms with Gasteiger partial charge in [-0.3, -0.25) is 4.79 Å². The third-order valence-corrected chi connectivity index (χ3v) is 8.71. The summed E-state index contributed by atoms with van der Waals surface area (Å²) in [7, 11) is -3.97. The van der Waals surface area contributed by atoms with Gasteiger partial charge in [-0.1, -0.05) is 11.6 Å². The molecule has 0 saturated heterocycles. The largest absolute Gasteiger partial charge is 0.398 e. The van der Waals surface area contributed by atoms with Crippen LogP contribution < -0.4 is 15.8 Å². The van der Waals surface area contributed by atoms with Gasteiger partial charge in [0.1, 0.15) is 10.4 Å². The first-order valence-electron chi connectivity index (χ1n) is 9.95. The quantitative estimate of drug-likeness (QED) is 0.631. The second-order valence-electron chi connectivity index (χ2n) is 9.34. The van der Waals surface area contributed by atoms with E-state index in [1.807, 2.05) is 0 Å². The molecule has 0 aliphatic heterocycles. The van der Waals surface area contributed by atoms with E-state index in [4.69, 9.17) is 17.3 Å². The third-order valence-electron chi connectivity index (χ3n) is 6.74. The Morgan fingerprint density at radius 3 is 2.21 bits per heavy atom. The lowest BCUT2D eigenvalue weighted by Gasteiger charge is -2.54. The topological polar surface area (TPSA) is 101 Å². The van der Waals surface area contributed by atoms with Crippen molar-refractivity contribution in [2.75, 3.05) is 5.73 Å². The molecular weight excluding hydrogens is 398 g/mol. The maximum atomic E-state index is 13.0. The van der Waals surface area contributed by atoms with Gasteiger partial charge in [0.15, 0.2) is 0 Å². The number of hydrogen-bond donors (Lipinski definition) is 3. The standard InChI is InChI=1S/C20H28ClN3O3S/c1-20(2,24-28(26,27)17-4-3-15(21)10-16(17)22)19(25)23-18-13-6-11-5-12(8-13)9-14(18)7-11/h3-4,10-14,18,24H,5-9,22H2,1-2H3,(H,23,25)/t11-,12-,13?,14?,18?. The number of benzene rings is 1. The number of nitrogen functional groups attached to an aromatic ring is 1. The predicted molar refractivity (Wildman–Crippen MR) is 109 cm³/mol. The van der Waals surface area contributed by atoms with Crippen molar-refractivity contribution < 1.29 is 13.2 Å². The van der Waals surface area contributed by atoms with Crippen LogP contribution in [0.25, 0.3) is 0 Å². The van der Waals surface area contributed by atoms with Crippen LogP contribution in [0.1, 0.15) is 46.0 Å². The van der Waals surface area contributed by atoms with Crippen LogP contribution >= 0.6 is 11.6 Å². The smallest absolute Gasteiger partial charge is 0.243 e. The summed E-state index contributed by atoms with van der Waals surface area (Å²) < 4.78 is 28.1. The molecule has 1 aromatic carbocycles. The van der Waals surface area contributed by atoms with Crippen LogP contribution in [0.3, 0.4) is 0 Å². The summed E-state index contributed by atoms with van der Waals surface area (Å²) in [6.45, 7) is 3.17. The minimum absolute atomic E-state index is 0.0530. The number of halogens is 1. The van der Waals surface area contributed by atoms with Crippen molar-refractivity contribution in [3.63, 3.8) is 0 Å². The van der Waals surface area contributed by atoms with Crippen molar-refractivity contribution in [1.29, 1.82) is 0 Å². The molecule has 28 heavy (non-hydrogen) atoms. The first-order chi connectivity index (χ1) is 13.0. The van der Waals surface area contributed by atoms with E-state index in [1.54, 1.807) is 13.8 Å². The highest BCUT2D eigenvalue weighted by Crippen LogP contribution is 2.53. The Morgan fingerprint density at radius 1 is 1.11 bits per heavy atom. The summed E-state index contributed by atoms with van der Waals surface area (Å²) in [5.74, 6) is 2.39. The van der Waals surface area contributed by atoms with E-state index < -0.39 is 15.6 Å². The number of hydrogen-bond acceptors (Lipinski definition) is 4. The number of rotatable bonds is 5. The molecule has 4 saturated carbocycles. The normalized spacial score (nSPS) is 31.8. The molecule has 1 aromatic rings. The fourth-order valence-corrected chi connectivity index (χ4v) is 7.37. The molecule has 4 aliphatic rings. The van der Waals surface area contributed by atoms with Crippen molar-refractivity contribution >= 4 is 33.2 Å². The highest BCUT2D eigenvalue weighted by Gasteiger charge is 2.49. The molecule has 0 unspecified atom stereocenters. The van der Waals surface area contributed by atoms with Gasteiger partial charge in [0.25, 0.3) is 0 Å². The van der Waals surface area contributed by atoms with Crippen molar-refractivity contribution in [2.45, 2.75) is 62.4 Å². The first kappa shape index (κ1) is 20.0. The summed E-state index contributed by atoms with van der Waals surface area (Å²) >= 11 is 5.86. The zero-order valence-corrected chi connectivity index (χ0v) is 17.8. The summed E-state index contributed by atoms with van der Waals surface area (Å²) in [6, 6.07) is 4.36. The molecule has 4 N–H and O–H groups in total. The van der Waals surface area contributed by atoms with E-state index in [1.165, 1.54) is 50.3 Å². The van der Waals surface area contributed by atoms with Gasteiger partial charge in [0.05, 0.1) is 5.69 Å². The van der Waals surface area contributed by atoms with E-state index in [0.717, 1.165) is 11.8 Å². The Kier molecular flexibility index (Phi) is 4.91. The minimum atomic E-state index is -3.97. The Hall–Kier alpha value is -1.31. The molecule has 6 nitrogen and oxygen atoms in total. The van der Waals surface area contributed by atoms with E-state index in [9.17, 15) is 13.2 Å². The van der Waals surface area contributed by atoms with Crippen molar-refractivity contribution in [3.8, 4) is 0 Å². The lowest BCUT2D eigenvalue weighted by atomic mass is 9.54. The van der Waals surface area contributed by atoms with Crippen LogP contribution in [0, 0.1) is 23.7 Å². The summed E-state index contributed by atoms with van der Waals surface area (Å²) in [5.41, 5.74) is 4.59. The monoisotopic (exact) mass is 425 g/mol. The molecule has 1 amide bonds. The van der Waals surface area contributed by atoms with Crippen LogP contribution in [0.15, 0.2) is 23.1 Å². The maximum Gasteiger partial charge on any atom is 0.243 e. The van der Waals surface area contributed by atoms with Gasteiger partial charge in [0.2, 0.25) is 15.9 Å². The zero-order valence-electron chi connectivity index (χ0n) is 16.2. The van der Waals surface area contributed by atoms with Gasteiger partial charge in [-0.2, -0.15) is 4.72 Å². The molecule has 8 heteroatoms. The highest BCUT2D eigenvalue weighted by atomic mass is 35.5. The second-order valence-corrected chi connectivity index (χ2v) is 11.4. The molecule has 0 aromatic heterocycles. The number of nitrogens with one attached hydrogen (secondary N) is 2. The van der Waals surface area contributed by atoms with Gasteiger partial charge in [-0.15, -0.1) is 0 Å². The second kappa shape index (κ2) is 6.89. The Labute approximate surface area is 171 Å². The fraction of sp³-hybridized carbons (Fsp3) is 0.650. The Bertz CT molecular complexity index is 872. The fourth-order valence-electron chi connectivity index (χ4n) is 5.69. The molecular formula is C20H28ClN3O3S. The van der Waals surface area contributed by atoms with Gasteiger partial charge in [0, 0.05) is 11.1 Å². The van der Waals surface area contributed by atoms with Crippen LogP contribution in [0.2, 0.25) is 5.02 Å². The molecule has 4 fully saturated rings. The SMILES string of the molecule is CC(C)(NS(=O)(=O)c1ccc(Cl)cc1N)C(=O)NC1C2C[C@H]3CC1C[C@H](C2)C3. The number of anilines is 1. The Morgan fingerprint density at radius 2 is 1.68 bits per heavy atom. The zero-order chi connectivity index (χ0) is 20.3. The van der Waals surface area contributed by atoms with Crippen molar-refractivity contribution in [1.82, 2.24) is 10.0 Å². The molecule has 5 rings (SSSR count). The number of carbonyl (C=O) groups excluding carboxylic acids is 1. The van der Waals surface area contributed by atoms with E-state index in [-0.39, 0.29) is 22.5 Å². The minimum Gasteiger partial charge on any atom is -0.398 e. The van der Waals surface area contributed by atoms with Crippen molar-refractivity contribution in [2.24, 2.45) is 23.7 Å². The highest BCUT2D eigenvalue weighted by molar-refractivity contribution is 7.89. The number of sulfonamides is 1. The van der Waals surface area contributed by atoms with Gasteiger partial charge >= 0.3 is 0 Å². The molecule has 4 bridgehead atoms. The van der Waals surface area contributed by atoms with Crippen LogP contribution in [-0.4, -0.2) is 25.9 Å². The molecule has 4 aliphatic carbocycles. The molecule has 0 spiro atoms. The summed E-state index contributed by atoms with van der Waals surface area (Å²) in [6.07, 6.45) is 6.09. The molecule has 0 radical (unpaired) electrons. The maximum absolute atomic E-state index is 13.0. The molecule has 0 atom stereocenters. The van der Waals surface area contributed by atoms with Gasteiger partial charge < -0.3 is 11.1 Å². The number of nitrogens with two attached hydrogens (primary N) is 1. The first-order valence-corrected chi connectivity index (χ1v) is 11.8. The predicted octanol–water partition coefficient (Wildman–Crippen LogP) is 2.92. The lowest BCUT2D eigenvalue weighted by Crippen LogP contribution is -2.62. The third kappa shape index (κ3) is 3.64. The average Bonchev–Trinajstić information content (AvgIpc) is 2.55. The van der Waals surface area contributed by atoms with Crippen LogP contribution in [0.5, 0.6) is 0 Å². The summed E-state index contributed by atoms with van der Waals surface area (Å²) in [4.78, 5) is 12.9. The number of carbonyl (C=O) groups is 1. The van der Waals surface area contributed by atoms with E-state index >= 15 is 0 Å². The van der Waals surface area contributed by atoms with Crippen molar-refractivity contribution in [3.05, 3.63) is 23.2 Å². The van der Waals surface area contributed by atoms with Gasteiger partial charge in [-0.25, -0.2) is 8.42 Å². The van der Waals surface area contributed by atoms with Gasteiger partial charge in [-0.05, 0) is 87.8 Å². The van der Waals surface area contributed by atoms with E-state index in [0.29, 0.717) is 16.9 Å². The average molecular weight is 426 g/mol. The van der Waals surface area contributed by atoms with E-state index in [2.05, 4.69) is 10.0 Å². The lowest BCUT2D eigenvalue weighted by molar-refractivity contribution is -0.129. The molecule has 0 heterocycles. The Balaban J connectivity index is 1.48. The van der Waals surface area contributed by atoms with Crippen LogP contribution in [-0.2, 0) is 14.8 Å². The van der Waals surface area contributed by atoms with Crippen LogP contribution in [0.4, 0.5) is 5.69 Å².